The molecule has 0 radical (unpaired) electrons. The molecule has 0 unspecified atom stereocenters. The Morgan fingerprint density at radius 3 is 2.08 bits per heavy atom. The van der Waals surface area contributed by atoms with E-state index in [2.05, 4.69) is 5.32 Å². The number of carbonyl (C=O) groups excluding carboxylic acids is 1. The van der Waals surface area contributed by atoms with Crippen LogP contribution < -0.4 is 5.32 Å². The number of benzene rings is 3. The van der Waals surface area contributed by atoms with Crippen molar-refractivity contribution >= 4 is 11.6 Å². The lowest BCUT2D eigenvalue weighted by atomic mass is 9.80. The lowest BCUT2D eigenvalue weighted by molar-refractivity contribution is -0.138. The average molecular weight is 561 g/mol. The summed E-state index contributed by atoms with van der Waals surface area (Å²) in [6, 6.07) is 15.9. The SMILES string of the molecule is O=C(c1cc(C(F)(F)F)ccc1NC1CC1)N(CCc1cccc(C(F)(F)F)c1)Cc1ccc(C2CCC2)cc1. The Kier molecular flexibility index (Phi) is 7.84. The summed E-state index contributed by atoms with van der Waals surface area (Å²) in [5, 5.41) is 3.15. The van der Waals surface area contributed by atoms with Gasteiger partial charge in [-0.3, -0.25) is 4.79 Å². The van der Waals surface area contributed by atoms with Crippen LogP contribution in [-0.4, -0.2) is 23.4 Å². The Bertz CT molecular complexity index is 1340. The van der Waals surface area contributed by atoms with Crippen LogP contribution in [0.5, 0.6) is 0 Å². The summed E-state index contributed by atoms with van der Waals surface area (Å²) in [6.07, 6.45) is -3.84. The molecule has 0 aliphatic heterocycles. The van der Waals surface area contributed by atoms with Gasteiger partial charge in [-0.15, -0.1) is 0 Å². The maximum absolute atomic E-state index is 13.9. The van der Waals surface area contributed by atoms with Crippen molar-refractivity contribution in [1.29, 1.82) is 0 Å². The van der Waals surface area contributed by atoms with Crippen LogP contribution in [0.1, 0.15) is 76.2 Å². The maximum Gasteiger partial charge on any atom is 0.416 e. The van der Waals surface area contributed by atoms with Crippen LogP contribution in [0.2, 0.25) is 0 Å². The smallest absolute Gasteiger partial charge is 0.382 e. The van der Waals surface area contributed by atoms with Gasteiger partial charge in [-0.1, -0.05) is 48.9 Å². The molecule has 3 nitrogen and oxygen atoms in total. The molecule has 0 bridgehead atoms. The maximum atomic E-state index is 13.9. The summed E-state index contributed by atoms with van der Waals surface area (Å²) in [5.74, 6) is -0.0850. The molecular weight excluding hydrogens is 530 g/mol. The first-order valence-electron chi connectivity index (χ1n) is 13.5. The molecule has 212 valence electrons. The number of anilines is 1. The third-order valence-corrected chi connectivity index (χ3v) is 7.66. The highest BCUT2D eigenvalue weighted by molar-refractivity contribution is 6.00. The van der Waals surface area contributed by atoms with E-state index in [1.54, 1.807) is 6.07 Å². The van der Waals surface area contributed by atoms with Crippen molar-refractivity contribution in [3.8, 4) is 0 Å². The molecule has 0 heterocycles. The summed E-state index contributed by atoms with van der Waals surface area (Å²) in [4.78, 5) is 15.3. The van der Waals surface area contributed by atoms with Crippen LogP contribution in [0, 0.1) is 0 Å². The number of nitrogens with one attached hydrogen (secondary N) is 1. The molecule has 5 rings (SSSR count). The van der Waals surface area contributed by atoms with Gasteiger partial charge in [0.15, 0.2) is 0 Å². The van der Waals surface area contributed by atoms with Gasteiger partial charge in [0.05, 0.1) is 16.7 Å². The van der Waals surface area contributed by atoms with E-state index in [1.807, 2.05) is 24.3 Å². The van der Waals surface area contributed by atoms with Gasteiger partial charge in [0.25, 0.3) is 5.91 Å². The summed E-state index contributed by atoms with van der Waals surface area (Å²) in [6.45, 7) is 0.144. The molecule has 0 aromatic heterocycles. The fraction of sp³-hybridized carbons (Fsp3) is 0.387. The molecule has 1 amide bonds. The number of carbonyl (C=O) groups is 1. The van der Waals surface area contributed by atoms with E-state index in [4.69, 9.17) is 0 Å². The monoisotopic (exact) mass is 560 g/mol. The van der Waals surface area contributed by atoms with Gasteiger partial charge in [0.1, 0.15) is 0 Å². The summed E-state index contributed by atoms with van der Waals surface area (Å²) < 4.78 is 80.5. The summed E-state index contributed by atoms with van der Waals surface area (Å²) >= 11 is 0. The van der Waals surface area contributed by atoms with Crippen LogP contribution in [0.3, 0.4) is 0 Å². The third-order valence-electron chi connectivity index (χ3n) is 7.66. The molecule has 1 N–H and O–H groups in total. The molecule has 9 heteroatoms. The van der Waals surface area contributed by atoms with Crippen molar-refractivity contribution in [2.24, 2.45) is 0 Å². The second-order valence-electron chi connectivity index (χ2n) is 10.7. The largest absolute Gasteiger partial charge is 0.416 e. The van der Waals surface area contributed by atoms with E-state index < -0.39 is 29.4 Å². The number of alkyl halides is 6. The Balaban J connectivity index is 1.44. The number of hydrogen-bond donors (Lipinski definition) is 1. The highest BCUT2D eigenvalue weighted by atomic mass is 19.4. The van der Waals surface area contributed by atoms with Gasteiger partial charge < -0.3 is 10.2 Å². The first-order chi connectivity index (χ1) is 19.0. The number of halogens is 6. The molecule has 0 saturated heterocycles. The second kappa shape index (κ2) is 11.2. The Morgan fingerprint density at radius 2 is 1.48 bits per heavy atom. The topological polar surface area (TPSA) is 32.3 Å². The van der Waals surface area contributed by atoms with Crippen LogP contribution in [0.15, 0.2) is 66.7 Å². The van der Waals surface area contributed by atoms with Crippen molar-refractivity contribution in [2.75, 3.05) is 11.9 Å². The van der Waals surface area contributed by atoms with E-state index in [9.17, 15) is 31.1 Å². The molecule has 0 atom stereocenters. The van der Waals surface area contributed by atoms with Gasteiger partial charge in [0, 0.05) is 24.8 Å². The zero-order valence-corrected chi connectivity index (χ0v) is 21.8. The Morgan fingerprint density at radius 1 is 0.800 bits per heavy atom. The predicted octanol–water partition coefficient (Wildman–Crippen LogP) is 8.45. The number of nitrogens with zero attached hydrogens (tertiary/aromatic N) is 1. The van der Waals surface area contributed by atoms with Gasteiger partial charge in [-0.05, 0) is 79.0 Å². The van der Waals surface area contributed by atoms with Crippen molar-refractivity contribution < 1.29 is 31.1 Å². The van der Waals surface area contributed by atoms with E-state index in [-0.39, 0.29) is 31.1 Å². The number of rotatable bonds is 9. The molecule has 2 saturated carbocycles. The quantitative estimate of drug-likeness (QED) is 0.266. The van der Waals surface area contributed by atoms with E-state index in [0.717, 1.165) is 55.5 Å². The minimum Gasteiger partial charge on any atom is -0.382 e. The predicted molar refractivity (Wildman–Crippen MR) is 141 cm³/mol. The van der Waals surface area contributed by atoms with Crippen molar-refractivity contribution in [1.82, 2.24) is 4.90 Å². The Labute approximate surface area is 229 Å². The first-order valence-corrected chi connectivity index (χ1v) is 13.5. The fourth-order valence-electron chi connectivity index (χ4n) is 4.92. The van der Waals surface area contributed by atoms with Crippen molar-refractivity contribution in [3.63, 3.8) is 0 Å². The highest BCUT2D eigenvalue weighted by Crippen LogP contribution is 2.37. The molecule has 0 spiro atoms. The number of hydrogen-bond acceptors (Lipinski definition) is 2. The molecule has 3 aromatic rings. The number of amides is 1. The van der Waals surface area contributed by atoms with Crippen molar-refractivity contribution in [3.05, 3.63) is 100 Å². The summed E-state index contributed by atoms with van der Waals surface area (Å²) in [7, 11) is 0. The van der Waals surface area contributed by atoms with Gasteiger partial charge >= 0.3 is 12.4 Å². The Hall–Kier alpha value is -3.49. The fourth-order valence-corrected chi connectivity index (χ4v) is 4.92. The van der Waals surface area contributed by atoms with Crippen LogP contribution in [0.25, 0.3) is 0 Å². The normalized spacial score (nSPS) is 15.9. The summed E-state index contributed by atoms with van der Waals surface area (Å²) in [5.41, 5.74) is 0.896. The van der Waals surface area contributed by atoms with E-state index in [1.165, 1.54) is 29.0 Å². The van der Waals surface area contributed by atoms with E-state index >= 15 is 0 Å². The molecule has 40 heavy (non-hydrogen) atoms. The first kappa shape index (κ1) is 28.1. The van der Waals surface area contributed by atoms with Gasteiger partial charge in [0.2, 0.25) is 0 Å². The lowest BCUT2D eigenvalue weighted by Crippen LogP contribution is -2.33. The zero-order chi connectivity index (χ0) is 28.5. The minimum atomic E-state index is -4.63. The van der Waals surface area contributed by atoms with Gasteiger partial charge in [-0.25, -0.2) is 0 Å². The zero-order valence-electron chi connectivity index (χ0n) is 21.8. The minimum absolute atomic E-state index is 0.0314. The molecular formula is C31H30F6N2O. The second-order valence-corrected chi connectivity index (χ2v) is 10.7. The van der Waals surface area contributed by atoms with Gasteiger partial charge in [-0.2, -0.15) is 26.3 Å². The van der Waals surface area contributed by atoms with E-state index in [0.29, 0.717) is 17.2 Å². The molecule has 3 aromatic carbocycles. The third kappa shape index (κ3) is 6.80. The van der Waals surface area contributed by atoms with Crippen molar-refractivity contribution in [2.45, 2.75) is 69.4 Å². The standard InChI is InChI=1S/C31H30F6N2O/c32-30(33,34)24-6-1-3-20(17-24)15-16-39(19-21-7-9-23(10-8-21)22-4-2-5-22)29(40)27-18-25(31(35,36)37)11-14-28(27)38-26-12-13-26/h1,3,6-11,14,17-18,22,26,38H,2,4-5,12-13,15-16,19H2. The van der Waals surface area contributed by atoms with Crippen LogP contribution in [0.4, 0.5) is 32.0 Å². The molecule has 2 aliphatic rings. The van der Waals surface area contributed by atoms with Crippen LogP contribution >= 0.6 is 0 Å². The lowest BCUT2D eigenvalue weighted by Gasteiger charge is -2.27. The average Bonchev–Trinajstić information content (AvgIpc) is 3.69. The van der Waals surface area contributed by atoms with Crippen LogP contribution in [-0.2, 0) is 25.3 Å². The molecule has 2 aliphatic carbocycles. The highest BCUT2D eigenvalue weighted by Gasteiger charge is 2.34. The molecule has 2 fully saturated rings.